The van der Waals surface area contributed by atoms with Crippen molar-refractivity contribution in [3.8, 4) is 0 Å². The average Bonchev–Trinajstić information content (AvgIpc) is 2.94. The van der Waals surface area contributed by atoms with Crippen LogP contribution in [0.15, 0.2) is 83.8 Å². The Kier molecular flexibility index (Phi) is 7.32. The number of halogens is 1. The summed E-state index contributed by atoms with van der Waals surface area (Å²) in [6, 6.07) is 21.8. The Morgan fingerprint density at radius 2 is 1.62 bits per heavy atom. The van der Waals surface area contributed by atoms with E-state index in [9.17, 15) is 9.59 Å². The summed E-state index contributed by atoms with van der Waals surface area (Å²) in [4.78, 5) is 29.0. The number of fused-ring (bicyclic) bond motifs is 1. The Morgan fingerprint density at radius 1 is 1.00 bits per heavy atom. The van der Waals surface area contributed by atoms with Gasteiger partial charge < -0.3 is 19.5 Å². The van der Waals surface area contributed by atoms with Gasteiger partial charge in [0.1, 0.15) is 11.4 Å². The Morgan fingerprint density at radius 3 is 2.22 bits per heavy atom. The molecule has 6 nitrogen and oxygen atoms in total. The number of hydrogen-bond donors (Lipinski definition) is 1. The molecule has 1 saturated heterocycles. The fourth-order valence-electron chi connectivity index (χ4n) is 4.87. The van der Waals surface area contributed by atoms with Gasteiger partial charge in [0.25, 0.3) is 0 Å². The third kappa shape index (κ3) is 5.13. The van der Waals surface area contributed by atoms with Crippen LogP contribution in [0, 0.1) is 5.82 Å². The van der Waals surface area contributed by atoms with Crippen LogP contribution in [0.4, 0.5) is 10.1 Å². The first kappa shape index (κ1) is 24.7. The van der Waals surface area contributed by atoms with E-state index >= 15 is 4.39 Å². The first-order valence-corrected chi connectivity index (χ1v) is 12.7. The molecule has 4 aromatic rings. The lowest BCUT2D eigenvalue weighted by molar-refractivity contribution is 0.0376. The third-order valence-electron chi connectivity index (χ3n) is 6.72. The normalized spacial score (nSPS) is 13.8. The van der Waals surface area contributed by atoms with Gasteiger partial charge in [0, 0.05) is 44.3 Å². The highest BCUT2D eigenvalue weighted by molar-refractivity contribution is 5.95. The fraction of sp³-hybridized carbons (Fsp3) is 0.267. The van der Waals surface area contributed by atoms with Crippen LogP contribution in [0.3, 0.4) is 0 Å². The summed E-state index contributed by atoms with van der Waals surface area (Å²) in [5.74, 6) is -1.20. The summed E-state index contributed by atoms with van der Waals surface area (Å²) >= 11 is 0. The average molecular weight is 500 g/mol. The second-order valence-corrected chi connectivity index (χ2v) is 9.23. The lowest BCUT2D eigenvalue weighted by Crippen LogP contribution is -2.43. The Hall–Kier alpha value is -3.97. The maximum absolute atomic E-state index is 15.3. The molecule has 190 valence electrons. The molecule has 0 amide bonds. The molecule has 1 N–H and O–H groups in total. The molecule has 0 bridgehead atoms. The van der Waals surface area contributed by atoms with Crippen molar-refractivity contribution < 1.29 is 13.9 Å². The topological polar surface area (TPSA) is 63.6 Å². The zero-order chi connectivity index (χ0) is 25.8. The minimum atomic E-state index is -0.735. The number of hydrogen-bond acceptors (Lipinski definition) is 5. The van der Waals surface area contributed by atoms with Gasteiger partial charge in [0.15, 0.2) is 6.10 Å². The van der Waals surface area contributed by atoms with Crippen LogP contribution >= 0.6 is 0 Å². The van der Waals surface area contributed by atoms with Gasteiger partial charge >= 0.3 is 5.97 Å². The largest absolute Gasteiger partial charge is 0.449 e. The second-order valence-electron chi connectivity index (χ2n) is 9.23. The highest BCUT2D eigenvalue weighted by Crippen LogP contribution is 2.29. The van der Waals surface area contributed by atoms with Gasteiger partial charge in [-0.2, -0.15) is 0 Å². The molecule has 7 heteroatoms. The smallest absolute Gasteiger partial charge is 0.344 e. The first-order chi connectivity index (χ1) is 18.1. The van der Waals surface area contributed by atoms with Gasteiger partial charge in [-0.1, -0.05) is 67.6 Å². The zero-order valence-corrected chi connectivity index (χ0v) is 20.8. The third-order valence-corrected chi connectivity index (χ3v) is 6.72. The molecule has 1 aliphatic rings. The van der Waals surface area contributed by atoms with Crippen molar-refractivity contribution >= 4 is 22.6 Å². The first-order valence-electron chi connectivity index (χ1n) is 12.7. The van der Waals surface area contributed by atoms with Crippen LogP contribution in [0.5, 0.6) is 0 Å². The molecule has 0 spiro atoms. The number of aryl methyl sites for hydroxylation is 1. The number of carbonyl (C=O) groups excluding carboxylic acids is 1. The number of anilines is 1. The number of nitrogens with zero attached hydrogens (tertiary/aromatic N) is 2. The molecule has 0 radical (unpaired) electrons. The van der Waals surface area contributed by atoms with Crippen LogP contribution < -0.4 is 15.6 Å². The van der Waals surface area contributed by atoms with Gasteiger partial charge in [0.05, 0.1) is 11.2 Å². The van der Waals surface area contributed by atoms with Crippen molar-refractivity contribution in [1.82, 2.24) is 9.88 Å². The summed E-state index contributed by atoms with van der Waals surface area (Å²) in [5.41, 5.74) is 2.04. The molecule has 2 heterocycles. The minimum absolute atomic E-state index is 0.105. The molecule has 1 fully saturated rings. The maximum atomic E-state index is 15.3. The number of aromatic nitrogens is 1. The number of ether oxygens (including phenoxy) is 1. The Bertz CT molecular complexity index is 1410. The number of piperazine rings is 1. The summed E-state index contributed by atoms with van der Waals surface area (Å²) in [5, 5.41) is 3.45. The molecule has 1 aromatic heterocycles. The molecule has 0 atom stereocenters. The van der Waals surface area contributed by atoms with Crippen LogP contribution in [-0.2, 0) is 11.3 Å². The highest BCUT2D eigenvalue weighted by atomic mass is 19.1. The van der Waals surface area contributed by atoms with Gasteiger partial charge in [0.2, 0.25) is 5.43 Å². The molecular weight excluding hydrogens is 469 g/mol. The molecule has 0 aliphatic carbocycles. The van der Waals surface area contributed by atoms with Crippen molar-refractivity contribution in [2.24, 2.45) is 0 Å². The molecule has 5 rings (SSSR count). The van der Waals surface area contributed by atoms with Crippen molar-refractivity contribution in [3.05, 3.63) is 112 Å². The quantitative estimate of drug-likeness (QED) is 0.366. The maximum Gasteiger partial charge on any atom is 0.344 e. The van der Waals surface area contributed by atoms with Crippen LogP contribution in [0.2, 0.25) is 0 Å². The predicted octanol–water partition coefficient (Wildman–Crippen LogP) is 4.91. The molecule has 37 heavy (non-hydrogen) atoms. The van der Waals surface area contributed by atoms with Crippen molar-refractivity contribution in [2.45, 2.75) is 26.0 Å². The number of pyridine rings is 1. The van der Waals surface area contributed by atoms with E-state index in [1.54, 1.807) is 12.3 Å². The van der Waals surface area contributed by atoms with E-state index in [2.05, 4.69) is 5.32 Å². The summed E-state index contributed by atoms with van der Waals surface area (Å²) in [6.45, 7) is 5.51. The molecule has 0 saturated carbocycles. The lowest BCUT2D eigenvalue weighted by Gasteiger charge is -2.30. The summed E-state index contributed by atoms with van der Waals surface area (Å²) in [7, 11) is 0. The number of esters is 1. The van der Waals surface area contributed by atoms with E-state index in [0.29, 0.717) is 30.8 Å². The standard InChI is InChI=1S/C30H30FN3O3/c1-2-15-34-20-24(28(35)23-18-25(31)27(19-26(23)34)33-16-13-32-14-17-33)30(36)37-29(21-9-5-3-6-10-21)22-11-7-4-8-12-22/h3-12,18-20,29,32H,2,13-17H2,1H3. The van der Waals surface area contributed by atoms with Gasteiger partial charge in [-0.05, 0) is 29.7 Å². The number of benzene rings is 3. The van der Waals surface area contributed by atoms with Crippen molar-refractivity contribution in [3.63, 3.8) is 0 Å². The number of nitrogens with one attached hydrogen (secondary N) is 1. The van der Waals surface area contributed by atoms with Crippen molar-refractivity contribution in [2.75, 3.05) is 31.1 Å². The summed E-state index contributed by atoms with van der Waals surface area (Å²) < 4.78 is 23.1. The van der Waals surface area contributed by atoms with E-state index in [1.165, 1.54) is 6.07 Å². The number of carbonyl (C=O) groups is 1. The minimum Gasteiger partial charge on any atom is -0.449 e. The van der Waals surface area contributed by atoms with E-state index in [0.717, 1.165) is 30.6 Å². The zero-order valence-electron chi connectivity index (χ0n) is 20.8. The van der Waals surface area contributed by atoms with Crippen LogP contribution in [0.25, 0.3) is 10.9 Å². The Labute approximate surface area is 215 Å². The fourth-order valence-corrected chi connectivity index (χ4v) is 4.87. The van der Waals surface area contributed by atoms with Crippen molar-refractivity contribution in [1.29, 1.82) is 0 Å². The van der Waals surface area contributed by atoms with E-state index in [1.807, 2.05) is 77.1 Å². The summed E-state index contributed by atoms with van der Waals surface area (Å²) in [6.07, 6.45) is 1.66. The van der Waals surface area contributed by atoms with Gasteiger partial charge in [-0.15, -0.1) is 0 Å². The number of rotatable bonds is 7. The lowest BCUT2D eigenvalue weighted by atomic mass is 10.0. The van der Waals surface area contributed by atoms with Crippen LogP contribution in [-0.4, -0.2) is 36.7 Å². The predicted molar refractivity (Wildman–Crippen MR) is 144 cm³/mol. The van der Waals surface area contributed by atoms with Gasteiger partial charge in [-0.25, -0.2) is 9.18 Å². The molecular formula is C30H30FN3O3. The van der Waals surface area contributed by atoms with E-state index in [4.69, 9.17) is 4.74 Å². The second kappa shape index (κ2) is 11.0. The van der Waals surface area contributed by atoms with E-state index < -0.39 is 23.3 Å². The van der Waals surface area contributed by atoms with Gasteiger partial charge in [-0.3, -0.25) is 4.79 Å². The molecule has 1 aliphatic heterocycles. The molecule has 3 aromatic carbocycles. The van der Waals surface area contributed by atoms with E-state index in [-0.39, 0.29) is 10.9 Å². The highest BCUT2D eigenvalue weighted by Gasteiger charge is 2.25. The monoisotopic (exact) mass is 499 g/mol. The molecule has 0 unspecified atom stereocenters. The SMILES string of the molecule is CCCn1cc(C(=O)OC(c2ccccc2)c2ccccc2)c(=O)c2cc(F)c(N3CCNCC3)cc21. The van der Waals surface area contributed by atoms with Crippen LogP contribution in [0.1, 0.15) is 40.9 Å². The Balaban J connectivity index is 1.57.